The summed E-state index contributed by atoms with van der Waals surface area (Å²) in [6, 6.07) is 7.85. The van der Waals surface area contributed by atoms with E-state index in [1.807, 2.05) is 23.9 Å². The predicted molar refractivity (Wildman–Crippen MR) is 75.2 cm³/mol. The third-order valence-corrected chi connectivity index (χ3v) is 4.38. The van der Waals surface area contributed by atoms with Gasteiger partial charge in [0.2, 0.25) is 0 Å². The molecule has 18 heavy (non-hydrogen) atoms. The highest BCUT2D eigenvalue weighted by Crippen LogP contribution is 2.18. The zero-order valence-corrected chi connectivity index (χ0v) is 11.4. The van der Waals surface area contributed by atoms with E-state index < -0.39 is 5.97 Å². The zero-order chi connectivity index (χ0) is 13.0. The lowest BCUT2D eigenvalue weighted by Crippen LogP contribution is -2.33. The second-order valence-electron chi connectivity index (χ2n) is 4.73. The van der Waals surface area contributed by atoms with E-state index in [1.165, 1.54) is 17.9 Å². The van der Waals surface area contributed by atoms with Crippen LogP contribution >= 0.6 is 11.8 Å². The van der Waals surface area contributed by atoms with Crippen LogP contribution in [0.1, 0.15) is 29.3 Å². The molecule has 2 rings (SSSR count). The largest absolute Gasteiger partial charge is 0.478 e. The van der Waals surface area contributed by atoms with Crippen LogP contribution in [-0.4, -0.2) is 40.1 Å². The summed E-state index contributed by atoms with van der Waals surface area (Å²) < 4.78 is 0. The van der Waals surface area contributed by atoms with Crippen LogP contribution in [0, 0.1) is 0 Å². The van der Waals surface area contributed by atoms with E-state index in [2.05, 4.69) is 11.8 Å². The molecule has 1 aliphatic rings. The fourth-order valence-electron chi connectivity index (χ4n) is 2.21. The molecule has 98 valence electrons. The van der Waals surface area contributed by atoms with Gasteiger partial charge in [0.25, 0.3) is 0 Å². The van der Waals surface area contributed by atoms with Gasteiger partial charge < -0.3 is 5.11 Å². The Morgan fingerprint density at radius 2 is 2.33 bits per heavy atom. The molecule has 3 nitrogen and oxygen atoms in total. The molecular weight excluding hydrogens is 246 g/mol. The van der Waals surface area contributed by atoms with Crippen molar-refractivity contribution < 1.29 is 9.90 Å². The Labute approximate surface area is 112 Å². The van der Waals surface area contributed by atoms with Crippen LogP contribution in [0.2, 0.25) is 0 Å². The van der Waals surface area contributed by atoms with Crippen molar-refractivity contribution >= 4 is 17.7 Å². The molecule has 1 aliphatic heterocycles. The number of hydrogen-bond donors (Lipinski definition) is 1. The average Bonchev–Trinajstić information content (AvgIpc) is 2.55. The minimum absolute atomic E-state index is 0.379. The van der Waals surface area contributed by atoms with Gasteiger partial charge >= 0.3 is 5.97 Å². The second-order valence-corrected chi connectivity index (χ2v) is 5.95. The summed E-state index contributed by atoms with van der Waals surface area (Å²) >= 11 is 2.01. The van der Waals surface area contributed by atoms with E-state index in [4.69, 9.17) is 5.11 Å². The van der Waals surface area contributed by atoms with E-state index in [1.54, 1.807) is 12.1 Å². The summed E-state index contributed by atoms with van der Waals surface area (Å²) in [5.41, 5.74) is 1.47. The lowest BCUT2D eigenvalue weighted by molar-refractivity contribution is 0.0696. The lowest BCUT2D eigenvalue weighted by Gasteiger charge is -2.26. The highest BCUT2D eigenvalue weighted by molar-refractivity contribution is 7.99. The highest BCUT2D eigenvalue weighted by Gasteiger charge is 2.17. The Balaban J connectivity index is 2.07. The van der Waals surface area contributed by atoms with Gasteiger partial charge in [-0.1, -0.05) is 12.1 Å². The van der Waals surface area contributed by atoms with Crippen LogP contribution in [0.3, 0.4) is 0 Å². The van der Waals surface area contributed by atoms with Crippen molar-refractivity contribution in [2.45, 2.75) is 25.9 Å². The molecule has 0 amide bonds. The minimum atomic E-state index is -0.851. The molecule has 0 aromatic heterocycles. The van der Waals surface area contributed by atoms with E-state index in [0.717, 1.165) is 18.7 Å². The maximum absolute atomic E-state index is 10.9. The van der Waals surface area contributed by atoms with Crippen molar-refractivity contribution in [2.24, 2.45) is 0 Å². The van der Waals surface area contributed by atoms with Gasteiger partial charge in [-0.2, -0.15) is 11.8 Å². The molecule has 1 N–H and O–H groups in total. The fourth-order valence-corrected chi connectivity index (χ4v) is 3.29. The van der Waals surface area contributed by atoms with Gasteiger partial charge in [-0.25, -0.2) is 4.79 Å². The number of carboxylic acids is 1. The molecule has 1 unspecified atom stereocenters. The molecule has 1 saturated heterocycles. The van der Waals surface area contributed by atoms with Gasteiger partial charge in [-0.15, -0.1) is 0 Å². The van der Waals surface area contributed by atoms with E-state index in [-0.39, 0.29) is 0 Å². The van der Waals surface area contributed by atoms with Crippen LogP contribution in [-0.2, 0) is 6.54 Å². The Hall–Kier alpha value is -1.00. The average molecular weight is 265 g/mol. The first-order valence-corrected chi connectivity index (χ1v) is 7.46. The van der Waals surface area contributed by atoms with Gasteiger partial charge in [0.05, 0.1) is 5.56 Å². The van der Waals surface area contributed by atoms with Crippen LogP contribution in [0.4, 0.5) is 0 Å². The summed E-state index contributed by atoms with van der Waals surface area (Å²) in [7, 11) is 0. The summed E-state index contributed by atoms with van der Waals surface area (Å²) in [6.07, 6.45) is 1.21. The molecule has 1 heterocycles. The van der Waals surface area contributed by atoms with Crippen LogP contribution in [0.5, 0.6) is 0 Å². The Kier molecular flexibility index (Phi) is 4.66. The number of carbonyl (C=O) groups is 1. The molecule has 1 aromatic rings. The van der Waals surface area contributed by atoms with Crippen LogP contribution in [0.25, 0.3) is 0 Å². The van der Waals surface area contributed by atoms with Crippen molar-refractivity contribution in [3.05, 3.63) is 35.4 Å². The standard InChI is InChI=1S/C14H19NO2S/c1-11-5-7-18-8-6-15(11)10-12-3-2-4-13(9-12)14(16)17/h2-4,9,11H,5-8,10H2,1H3,(H,16,17). The van der Waals surface area contributed by atoms with Crippen molar-refractivity contribution in [1.29, 1.82) is 0 Å². The SMILES string of the molecule is CC1CCSCCN1Cc1cccc(C(=O)O)c1. The highest BCUT2D eigenvalue weighted by atomic mass is 32.2. The maximum Gasteiger partial charge on any atom is 0.335 e. The number of aromatic carboxylic acids is 1. The van der Waals surface area contributed by atoms with Gasteiger partial charge in [-0.3, -0.25) is 4.90 Å². The molecule has 1 atom stereocenters. The Bertz CT molecular complexity index is 422. The molecule has 0 radical (unpaired) electrons. The topological polar surface area (TPSA) is 40.5 Å². The third-order valence-electron chi connectivity index (χ3n) is 3.39. The number of rotatable bonds is 3. The lowest BCUT2D eigenvalue weighted by atomic mass is 10.1. The molecule has 0 bridgehead atoms. The molecule has 1 aromatic carbocycles. The van der Waals surface area contributed by atoms with E-state index in [0.29, 0.717) is 11.6 Å². The van der Waals surface area contributed by atoms with Crippen molar-refractivity contribution in [3.8, 4) is 0 Å². The Morgan fingerprint density at radius 3 is 3.11 bits per heavy atom. The Morgan fingerprint density at radius 1 is 1.50 bits per heavy atom. The quantitative estimate of drug-likeness (QED) is 0.912. The number of carboxylic acid groups (broad SMARTS) is 1. The first-order valence-electron chi connectivity index (χ1n) is 6.31. The van der Waals surface area contributed by atoms with Gasteiger partial charge in [0.1, 0.15) is 0 Å². The fraction of sp³-hybridized carbons (Fsp3) is 0.500. The van der Waals surface area contributed by atoms with Crippen molar-refractivity contribution in [2.75, 3.05) is 18.1 Å². The van der Waals surface area contributed by atoms with E-state index in [9.17, 15) is 4.79 Å². The first kappa shape index (κ1) is 13.4. The van der Waals surface area contributed by atoms with Gasteiger partial charge in [0.15, 0.2) is 0 Å². The predicted octanol–water partition coefficient (Wildman–Crippen LogP) is 2.71. The number of hydrogen-bond acceptors (Lipinski definition) is 3. The van der Waals surface area contributed by atoms with Crippen LogP contribution in [0.15, 0.2) is 24.3 Å². The number of thioether (sulfide) groups is 1. The van der Waals surface area contributed by atoms with E-state index >= 15 is 0 Å². The molecule has 1 fully saturated rings. The molecule has 0 saturated carbocycles. The van der Waals surface area contributed by atoms with Crippen molar-refractivity contribution in [3.63, 3.8) is 0 Å². The monoisotopic (exact) mass is 265 g/mol. The number of benzene rings is 1. The second kappa shape index (κ2) is 6.25. The summed E-state index contributed by atoms with van der Waals surface area (Å²) in [5.74, 6) is 1.55. The molecule has 0 spiro atoms. The first-order chi connectivity index (χ1) is 8.66. The molecular formula is C14H19NO2S. The van der Waals surface area contributed by atoms with Gasteiger partial charge in [-0.05, 0) is 36.8 Å². The molecule has 0 aliphatic carbocycles. The normalized spacial score (nSPS) is 21.5. The molecule has 4 heteroatoms. The maximum atomic E-state index is 10.9. The number of nitrogens with zero attached hydrogens (tertiary/aromatic N) is 1. The zero-order valence-electron chi connectivity index (χ0n) is 10.6. The third kappa shape index (κ3) is 3.50. The smallest absolute Gasteiger partial charge is 0.335 e. The summed E-state index contributed by atoms with van der Waals surface area (Å²) in [5, 5.41) is 9.00. The minimum Gasteiger partial charge on any atom is -0.478 e. The van der Waals surface area contributed by atoms with Crippen LogP contribution < -0.4 is 0 Å². The summed E-state index contributed by atoms with van der Waals surface area (Å²) in [4.78, 5) is 13.4. The summed E-state index contributed by atoms with van der Waals surface area (Å²) in [6.45, 7) is 4.19. The van der Waals surface area contributed by atoms with Gasteiger partial charge in [0, 0.05) is 24.9 Å². The van der Waals surface area contributed by atoms with Crippen molar-refractivity contribution in [1.82, 2.24) is 4.90 Å².